The Balaban J connectivity index is 0.00000220. The fourth-order valence-corrected chi connectivity index (χ4v) is 3.99. The topological polar surface area (TPSA) is 67.4 Å². The third-order valence-corrected chi connectivity index (χ3v) is 4.95. The molecule has 21 heavy (non-hydrogen) atoms. The maximum atomic E-state index is 12.3. The summed E-state index contributed by atoms with van der Waals surface area (Å²) < 4.78 is 33.5. The van der Waals surface area contributed by atoms with Crippen LogP contribution in [0.15, 0.2) is 21.5 Å². The van der Waals surface area contributed by atoms with E-state index in [1.54, 1.807) is 6.07 Å². The molecule has 1 aliphatic rings. The molecule has 2 rings (SSSR count). The number of hydrogen-bond donors (Lipinski definition) is 2. The summed E-state index contributed by atoms with van der Waals surface area (Å²) in [6, 6.07) is 3.50. The molecular weight excluding hydrogens is 380 g/mol. The van der Waals surface area contributed by atoms with Crippen molar-refractivity contribution in [2.75, 3.05) is 26.2 Å². The second-order valence-electron chi connectivity index (χ2n) is 4.64. The molecule has 0 amide bonds. The number of benzene rings is 1. The first-order chi connectivity index (χ1) is 9.54. The lowest BCUT2D eigenvalue weighted by molar-refractivity contribution is 0.348. The van der Waals surface area contributed by atoms with E-state index in [2.05, 4.69) is 32.9 Å². The minimum atomic E-state index is -3.54. The first-order valence-electron chi connectivity index (χ1n) is 6.70. The maximum absolute atomic E-state index is 12.3. The van der Waals surface area contributed by atoms with Gasteiger partial charge in [0.1, 0.15) is 10.6 Å². The summed E-state index contributed by atoms with van der Waals surface area (Å²) in [6.07, 6.45) is 1.77. The van der Waals surface area contributed by atoms with Crippen molar-refractivity contribution in [1.82, 2.24) is 10.0 Å². The molecule has 8 heteroatoms. The molecule has 1 heterocycles. The fraction of sp³-hybridized carbons (Fsp3) is 0.538. The van der Waals surface area contributed by atoms with Gasteiger partial charge < -0.3 is 10.1 Å². The van der Waals surface area contributed by atoms with Gasteiger partial charge >= 0.3 is 0 Å². The molecule has 0 saturated carbocycles. The number of fused-ring (bicyclic) bond motifs is 1. The van der Waals surface area contributed by atoms with Crippen molar-refractivity contribution in [2.45, 2.75) is 24.7 Å². The summed E-state index contributed by atoms with van der Waals surface area (Å²) in [4.78, 5) is 0.217. The van der Waals surface area contributed by atoms with Crippen molar-refractivity contribution in [3.8, 4) is 5.75 Å². The number of sulfonamides is 1. The minimum Gasteiger partial charge on any atom is -0.492 e. The van der Waals surface area contributed by atoms with Gasteiger partial charge in [0, 0.05) is 29.5 Å². The molecule has 0 radical (unpaired) electrons. The van der Waals surface area contributed by atoms with Gasteiger partial charge in [-0.2, -0.15) is 0 Å². The Morgan fingerprint density at radius 3 is 2.76 bits per heavy atom. The normalized spacial score (nSPS) is 13.4. The van der Waals surface area contributed by atoms with E-state index in [1.165, 1.54) is 0 Å². The van der Waals surface area contributed by atoms with E-state index < -0.39 is 10.0 Å². The molecular formula is C13H20BrClN2O3S. The van der Waals surface area contributed by atoms with Crippen LogP contribution in [0.4, 0.5) is 0 Å². The van der Waals surface area contributed by atoms with Crippen LogP contribution in [0.2, 0.25) is 0 Å². The van der Waals surface area contributed by atoms with Crippen LogP contribution in [0.5, 0.6) is 5.75 Å². The van der Waals surface area contributed by atoms with Crippen LogP contribution >= 0.6 is 28.3 Å². The van der Waals surface area contributed by atoms with E-state index in [4.69, 9.17) is 4.74 Å². The average molecular weight is 400 g/mol. The van der Waals surface area contributed by atoms with Gasteiger partial charge in [-0.15, -0.1) is 12.4 Å². The largest absolute Gasteiger partial charge is 0.492 e. The zero-order valence-corrected chi connectivity index (χ0v) is 15.0. The lowest BCUT2D eigenvalue weighted by Gasteiger charge is -2.11. The number of rotatable bonds is 7. The monoisotopic (exact) mass is 398 g/mol. The Kier molecular flexibility index (Phi) is 7.42. The number of ether oxygens (including phenoxy) is 1. The average Bonchev–Trinajstić information content (AvgIpc) is 2.85. The Hall–Kier alpha value is -0.340. The molecule has 0 saturated heterocycles. The molecule has 0 bridgehead atoms. The standard InChI is InChI=1S/C13H19BrN2O3S.ClH/c1-2-4-15-5-6-16-20(17,18)12-9-11(14)8-10-3-7-19-13(10)12;/h8-9,15-16H,2-7H2,1H3;1H. The summed E-state index contributed by atoms with van der Waals surface area (Å²) in [6.45, 7) is 4.47. The quantitative estimate of drug-likeness (QED) is 0.689. The third kappa shape index (κ3) is 4.82. The molecule has 0 atom stereocenters. The van der Waals surface area contributed by atoms with Gasteiger partial charge in [-0.05, 0) is 25.1 Å². The van der Waals surface area contributed by atoms with Crippen LogP contribution in [-0.4, -0.2) is 34.7 Å². The van der Waals surface area contributed by atoms with Gasteiger partial charge in [0.25, 0.3) is 0 Å². The molecule has 0 aromatic heterocycles. The molecule has 0 fully saturated rings. The molecule has 120 valence electrons. The third-order valence-electron chi connectivity index (χ3n) is 3.02. The van der Waals surface area contributed by atoms with Crippen LogP contribution in [0.3, 0.4) is 0 Å². The number of nitrogens with one attached hydrogen (secondary N) is 2. The summed E-state index contributed by atoms with van der Waals surface area (Å²) in [5.74, 6) is 0.488. The Morgan fingerprint density at radius 1 is 1.29 bits per heavy atom. The molecule has 1 aliphatic heterocycles. The van der Waals surface area contributed by atoms with E-state index in [0.29, 0.717) is 25.4 Å². The highest BCUT2D eigenvalue weighted by Gasteiger charge is 2.25. The van der Waals surface area contributed by atoms with Crippen LogP contribution in [-0.2, 0) is 16.4 Å². The van der Waals surface area contributed by atoms with Gasteiger partial charge in [0.2, 0.25) is 10.0 Å². The summed E-state index contributed by atoms with van der Waals surface area (Å²) in [5.41, 5.74) is 0.934. The van der Waals surface area contributed by atoms with Crippen LogP contribution in [0, 0.1) is 0 Å². The van der Waals surface area contributed by atoms with Gasteiger partial charge in [-0.25, -0.2) is 13.1 Å². The highest BCUT2D eigenvalue weighted by Crippen LogP contribution is 2.35. The van der Waals surface area contributed by atoms with Crippen molar-refractivity contribution in [1.29, 1.82) is 0 Å². The Morgan fingerprint density at radius 2 is 2.05 bits per heavy atom. The summed E-state index contributed by atoms with van der Waals surface area (Å²) in [5, 5.41) is 3.16. The van der Waals surface area contributed by atoms with E-state index in [0.717, 1.165) is 29.4 Å². The van der Waals surface area contributed by atoms with E-state index in [-0.39, 0.29) is 17.3 Å². The molecule has 0 spiro atoms. The van der Waals surface area contributed by atoms with Crippen LogP contribution < -0.4 is 14.8 Å². The highest BCUT2D eigenvalue weighted by molar-refractivity contribution is 9.10. The van der Waals surface area contributed by atoms with Gasteiger partial charge in [-0.3, -0.25) is 0 Å². The fourth-order valence-electron chi connectivity index (χ4n) is 2.09. The van der Waals surface area contributed by atoms with Crippen molar-refractivity contribution in [3.05, 3.63) is 22.2 Å². The first kappa shape index (κ1) is 18.7. The first-order valence-corrected chi connectivity index (χ1v) is 8.98. The van der Waals surface area contributed by atoms with Crippen LogP contribution in [0.25, 0.3) is 0 Å². The SMILES string of the molecule is CCCNCCNS(=O)(=O)c1cc(Br)cc2c1OCC2.Cl. The second kappa shape index (κ2) is 8.33. The predicted molar refractivity (Wildman–Crippen MR) is 88.9 cm³/mol. The van der Waals surface area contributed by atoms with E-state index >= 15 is 0 Å². The van der Waals surface area contributed by atoms with Gasteiger partial charge in [-0.1, -0.05) is 22.9 Å². The van der Waals surface area contributed by atoms with Gasteiger partial charge in [0.15, 0.2) is 0 Å². The number of hydrogen-bond acceptors (Lipinski definition) is 4. The molecule has 2 N–H and O–H groups in total. The lowest BCUT2D eigenvalue weighted by atomic mass is 10.2. The number of halogens is 2. The van der Waals surface area contributed by atoms with E-state index in [9.17, 15) is 8.42 Å². The molecule has 1 aromatic rings. The molecule has 5 nitrogen and oxygen atoms in total. The van der Waals surface area contributed by atoms with Crippen LogP contribution in [0.1, 0.15) is 18.9 Å². The highest BCUT2D eigenvalue weighted by atomic mass is 79.9. The zero-order chi connectivity index (χ0) is 14.6. The molecule has 0 aliphatic carbocycles. The predicted octanol–water partition coefficient (Wildman–Crippen LogP) is 2.08. The zero-order valence-electron chi connectivity index (χ0n) is 11.8. The van der Waals surface area contributed by atoms with E-state index in [1.807, 2.05) is 6.07 Å². The van der Waals surface area contributed by atoms with Gasteiger partial charge in [0.05, 0.1) is 6.61 Å². The maximum Gasteiger partial charge on any atom is 0.244 e. The Bertz CT molecular complexity index is 581. The van der Waals surface area contributed by atoms with Crippen molar-refractivity contribution in [2.24, 2.45) is 0 Å². The second-order valence-corrected chi connectivity index (χ2v) is 7.29. The smallest absolute Gasteiger partial charge is 0.244 e. The summed E-state index contributed by atoms with van der Waals surface area (Å²) in [7, 11) is -3.54. The lowest BCUT2D eigenvalue weighted by Crippen LogP contribution is -2.32. The minimum absolute atomic E-state index is 0. The summed E-state index contributed by atoms with van der Waals surface area (Å²) >= 11 is 3.35. The molecule has 0 unspecified atom stereocenters. The van der Waals surface area contributed by atoms with Crippen molar-refractivity contribution < 1.29 is 13.2 Å². The Labute approximate surface area is 140 Å². The van der Waals surface area contributed by atoms with Crippen molar-refractivity contribution in [3.63, 3.8) is 0 Å². The molecule has 1 aromatic carbocycles. The van der Waals surface area contributed by atoms with Crippen molar-refractivity contribution >= 4 is 38.4 Å².